The molecule has 1 saturated heterocycles. The van der Waals surface area contributed by atoms with Crippen LogP contribution < -0.4 is 5.32 Å². The van der Waals surface area contributed by atoms with E-state index in [1.807, 2.05) is 4.90 Å². The summed E-state index contributed by atoms with van der Waals surface area (Å²) in [6.45, 7) is 6.73. The zero-order valence-electron chi connectivity index (χ0n) is 14.4. The highest BCUT2D eigenvalue weighted by Gasteiger charge is 2.34. The molecule has 2 aliphatic heterocycles. The van der Waals surface area contributed by atoms with Gasteiger partial charge in [-0.15, -0.1) is 0 Å². The second-order valence-electron chi connectivity index (χ2n) is 6.97. The topological polar surface area (TPSA) is 61.0 Å². The first-order valence-corrected chi connectivity index (χ1v) is 8.80. The summed E-state index contributed by atoms with van der Waals surface area (Å²) in [5, 5.41) is 10.8. The van der Waals surface area contributed by atoms with Gasteiger partial charge in [-0.25, -0.2) is 0 Å². The maximum absolute atomic E-state index is 13.2. The molecule has 1 atom stereocenters. The number of carbonyl (C=O) groups excluding carboxylic acids is 1. The first-order chi connectivity index (χ1) is 11.6. The number of nitrogens with zero attached hydrogens (tertiary/aromatic N) is 2. The van der Waals surface area contributed by atoms with Crippen LogP contribution in [0.1, 0.15) is 57.3 Å². The number of H-pyrrole nitrogens is 1. The van der Waals surface area contributed by atoms with Crippen molar-refractivity contribution in [1.82, 2.24) is 20.4 Å². The summed E-state index contributed by atoms with van der Waals surface area (Å²) in [6, 6.07) is 6.69. The number of aromatic amines is 1. The summed E-state index contributed by atoms with van der Waals surface area (Å²) in [5.41, 5.74) is 6.56. The van der Waals surface area contributed by atoms with Crippen LogP contribution in [0.5, 0.6) is 0 Å². The van der Waals surface area contributed by atoms with Crippen molar-refractivity contribution < 1.29 is 4.79 Å². The lowest BCUT2D eigenvalue weighted by atomic mass is 9.97. The van der Waals surface area contributed by atoms with Gasteiger partial charge in [0.2, 0.25) is 0 Å². The minimum atomic E-state index is 0.0691. The molecule has 0 saturated carbocycles. The molecular formula is C19H24N4O. The van der Waals surface area contributed by atoms with Crippen molar-refractivity contribution in [3.63, 3.8) is 0 Å². The van der Waals surface area contributed by atoms with Crippen LogP contribution in [0.3, 0.4) is 0 Å². The molecule has 126 valence electrons. The highest BCUT2D eigenvalue weighted by atomic mass is 16.2. The van der Waals surface area contributed by atoms with Crippen LogP contribution in [0.4, 0.5) is 0 Å². The van der Waals surface area contributed by atoms with Crippen molar-refractivity contribution in [3.05, 3.63) is 51.8 Å². The van der Waals surface area contributed by atoms with Crippen molar-refractivity contribution in [2.45, 2.75) is 45.7 Å². The molecule has 2 aromatic rings. The van der Waals surface area contributed by atoms with E-state index in [0.717, 1.165) is 50.2 Å². The van der Waals surface area contributed by atoms with Crippen LogP contribution in [0.2, 0.25) is 0 Å². The van der Waals surface area contributed by atoms with Gasteiger partial charge >= 0.3 is 0 Å². The van der Waals surface area contributed by atoms with Crippen molar-refractivity contribution in [2.75, 3.05) is 13.1 Å². The summed E-state index contributed by atoms with van der Waals surface area (Å²) in [4.78, 5) is 15.2. The summed E-state index contributed by atoms with van der Waals surface area (Å²) in [6.07, 6.45) is 2.99. The van der Waals surface area contributed by atoms with Gasteiger partial charge in [0.25, 0.3) is 5.91 Å². The van der Waals surface area contributed by atoms with E-state index in [4.69, 9.17) is 0 Å². The smallest absolute Gasteiger partial charge is 0.275 e. The monoisotopic (exact) mass is 324 g/mol. The zero-order valence-corrected chi connectivity index (χ0v) is 14.4. The maximum Gasteiger partial charge on any atom is 0.275 e. The Hall–Kier alpha value is -2.14. The summed E-state index contributed by atoms with van der Waals surface area (Å²) in [5.74, 6) is 0.0691. The number of fused-ring (bicyclic) bond motifs is 1. The van der Waals surface area contributed by atoms with Crippen molar-refractivity contribution in [1.29, 1.82) is 0 Å². The Balaban J connectivity index is 1.66. The lowest BCUT2D eigenvalue weighted by Crippen LogP contribution is -2.33. The Kier molecular flexibility index (Phi) is 3.88. The Morgan fingerprint density at radius 1 is 1.33 bits per heavy atom. The average molecular weight is 324 g/mol. The molecule has 2 N–H and O–H groups in total. The lowest BCUT2D eigenvalue weighted by molar-refractivity contribution is 0.0728. The fourth-order valence-corrected chi connectivity index (χ4v) is 3.99. The van der Waals surface area contributed by atoms with Crippen molar-refractivity contribution in [3.8, 4) is 0 Å². The third kappa shape index (κ3) is 2.53. The first-order valence-electron chi connectivity index (χ1n) is 8.80. The molecule has 24 heavy (non-hydrogen) atoms. The number of hydrogen-bond donors (Lipinski definition) is 2. The predicted molar refractivity (Wildman–Crippen MR) is 92.9 cm³/mol. The van der Waals surface area contributed by atoms with E-state index in [1.165, 1.54) is 16.7 Å². The zero-order chi connectivity index (χ0) is 16.7. The number of benzene rings is 1. The molecule has 5 nitrogen and oxygen atoms in total. The fourth-order valence-electron chi connectivity index (χ4n) is 3.99. The van der Waals surface area contributed by atoms with Crippen LogP contribution in [0.25, 0.3) is 0 Å². The Morgan fingerprint density at radius 3 is 3.08 bits per heavy atom. The molecule has 1 amide bonds. The first kappa shape index (κ1) is 15.4. The maximum atomic E-state index is 13.2. The number of likely N-dealkylation sites (tertiary alicyclic amines) is 1. The van der Waals surface area contributed by atoms with Gasteiger partial charge in [0.05, 0.1) is 6.04 Å². The highest BCUT2D eigenvalue weighted by molar-refractivity contribution is 5.94. The second-order valence-corrected chi connectivity index (χ2v) is 6.97. The normalized spacial score (nSPS) is 20.2. The molecule has 1 fully saturated rings. The largest absolute Gasteiger partial charge is 0.330 e. The molecule has 0 spiro atoms. The SMILES string of the molecule is Cc1ccc(C)c(C2CCCN2C(=O)c2n[nH]c3c2CNCC3)c1. The standard InChI is InChI=1S/C19H24N4O/c1-12-5-6-13(2)14(10-12)17-4-3-9-23(17)19(24)18-15-11-20-8-7-16(15)21-22-18/h5-6,10,17,20H,3-4,7-9,11H2,1-2H3,(H,21,22). The van der Waals surface area contributed by atoms with Gasteiger partial charge in [-0.3, -0.25) is 9.89 Å². The molecule has 1 aromatic carbocycles. The number of amides is 1. The predicted octanol–water partition coefficient (Wildman–Crippen LogP) is 2.65. The van der Waals surface area contributed by atoms with Crippen LogP contribution in [-0.4, -0.2) is 34.1 Å². The quantitative estimate of drug-likeness (QED) is 0.893. The van der Waals surface area contributed by atoms with E-state index in [0.29, 0.717) is 5.69 Å². The number of hydrogen-bond acceptors (Lipinski definition) is 3. The minimum absolute atomic E-state index is 0.0691. The van der Waals surface area contributed by atoms with Gasteiger partial charge in [0.15, 0.2) is 5.69 Å². The third-order valence-corrected chi connectivity index (χ3v) is 5.32. The minimum Gasteiger partial charge on any atom is -0.330 e. The lowest BCUT2D eigenvalue weighted by Gasteiger charge is -2.26. The molecule has 3 heterocycles. The van der Waals surface area contributed by atoms with E-state index in [2.05, 4.69) is 47.6 Å². The summed E-state index contributed by atoms with van der Waals surface area (Å²) in [7, 11) is 0. The van der Waals surface area contributed by atoms with E-state index in [1.54, 1.807) is 0 Å². The Labute approximate surface area is 142 Å². The van der Waals surface area contributed by atoms with Gasteiger partial charge in [0.1, 0.15) is 0 Å². The molecule has 1 aromatic heterocycles. The molecule has 1 unspecified atom stereocenters. The van der Waals surface area contributed by atoms with Crippen LogP contribution >= 0.6 is 0 Å². The number of carbonyl (C=O) groups is 1. The second kappa shape index (κ2) is 6.06. The Morgan fingerprint density at radius 2 is 2.21 bits per heavy atom. The molecule has 5 heteroatoms. The van der Waals surface area contributed by atoms with Crippen molar-refractivity contribution >= 4 is 5.91 Å². The Bertz CT molecular complexity index is 780. The average Bonchev–Trinajstić information content (AvgIpc) is 3.23. The number of aromatic nitrogens is 2. The van der Waals surface area contributed by atoms with Gasteiger partial charge in [-0.05, 0) is 37.8 Å². The number of nitrogens with one attached hydrogen (secondary N) is 2. The van der Waals surface area contributed by atoms with Crippen LogP contribution in [0, 0.1) is 13.8 Å². The van der Waals surface area contributed by atoms with Crippen molar-refractivity contribution in [2.24, 2.45) is 0 Å². The van der Waals surface area contributed by atoms with Gasteiger partial charge in [-0.1, -0.05) is 23.8 Å². The molecular weight excluding hydrogens is 300 g/mol. The van der Waals surface area contributed by atoms with E-state index in [-0.39, 0.29) is 11.9 Å². The van der Waals surface area contributed by atoms with Gasteiger partial charge < -0.3 is 10.2 Å². The molecule has 4 rings (SSSR count). The van der Waals surface area contributed by atoms with Gasteiger partial charge in [0, 0.05) is 37.3 Å². The number of rotatable bonds is 2. The third-order valence-electron chi connectivity index (χ3n) is 5.32. The highest BCUT2D eigenvalue weighted by Crippen LogP contribution is 2.35. The van der Waals surface area contributed by atoms with E-state index in [9.17, 15) is 4.79 Å². The van der Waals surface area contributed by atoms with Crippen LogP contribution in [0.15, 0.2) is 18.2 Å². The fraction of sp³-hybridized carbons (Fsp3) is 0.474. The molecule has 0 bridgehead atoms. The van der Waals surface area contributed by atoms with Crippen LogP contribution in [-0.2, 0) is 13.0 Å². The molecule has 0 aliphatic carbocycles. The summed E-state index contributed by atoms with van der Waals surface area (Å²) < 4.78 is 0. The number of aryl methyl sites for hydroxylation is 2. The summed E-state index contributed by atoms with van der Waals surface area (Å²) >= 11 is 0. The van der Waals surface area contributed by atoms with E-state index >= 15 is 0 Å². The van der Waals surface area contributed by atoms with Gasteiger partial charge in [-0.2, -0.15) is 5.10 Å². The molecule has 0 radical (unpaired) electrons. The van der Waals surface area contributed by atoms with E-state index < -0.39 is 0 Å². The molecule has 2 aliphatic rings.